The average Bonchev–Trinajstić information content (AvgIpc) is 3.33. The number of rotatable bonds is 5. The summed E-state index contributed by atoms with van der Waals surface area (Å²) >= 11 is 0. The lowest BCUT2D eigenvalue weighted by Crippen LogP contribution is -2.44. The van der Waals surface area contributed by atoms with Crippen molar-refractivity contribution in [2.75, 3.05) is 17.4 Å². The highest BCUT2D eigenvalue weighted by atomic mass is 32.2. The molecule has 0 saturated heterocycles. The van der Waals surface area contributed by atoms with Crippen molar-refractivity contribution < 1.29 is 13.2 Å². The summed E-state index contributed by atoms with van der Waals surface area (Å²) in [5.41, 5.74) is 1.76. The molecule has 1 amide bonds. The van der Waals surface area contributed by atoms with Gasteiger partial charge in [0.2, 0.25) is 5.91 Å². The zero-order chi connectivity index (χ0) is 20.8. The van der Waals surface area contributed by atoms with Gasteiger partial charge in [-0.25, -0.2) is 8.42 Å². The Hall–Kier alpha value is -2.86. The minimum Gasteiger partial charge on any atom is -0.354 e. The van der Waals surface area contributed by atoms with Crippen molar-refractivity contribution in [2.24, 2.45) is 0 Å². The number of benzene rings is 3. The van der Waals surface area contributed by atoms with Crippen molar-refractivity contribution >= 4 is 32.4 Å². The number of nitrogens with one attached hydrogen (secondary N) is 1. The lowest BCUT2D eigenvalue weighted by molar-refractivity contribution is -0.119. The highest BCUT2D eigenvalue weighted by molar-refractivity contribution is 7.93. The molecule has 2 aliphatic rings. The zero-order valence-electron chi connectivity index (χ0n) is 16.7. The van der Waals surface area contributed by atoms with Crippen LogP contribution in [0.4, 0.5) is 5.69 Å². The van der Waals surface area contributed by atoms with Crippen molar-refractivity contribution in [1.82, 2.24) is 5.32 Å². The van der Waals surface area contributed by atoms with Crippen LogP contribution < -0.4 is 9.62 Å². The van der Waals surface area contributed by atoms with Crippen LogP contribution >= 0.6 is 0 Å². The summed E-state index contributed by atoms with van der Waals surface area (Å²) in [5.74, 6) is -0.273. The predicted molar refractivity (Wildman–Crippen MR) is 118 cm³/mol. The van der Waals surface area contributed by atoms with E-state index in [1.54, 1.807) is 18.2 Å². The first kappa shape index (κ1) is 19.1. The van der Waals surface area contributed by atoms with Crippen LogP contribution in [-0.4, -0.2) is 27.4 Å². The van der Waals surface area contributed by atoms with E-state index in [9.17, 15) is 13.2 Å². The lowest BCUT2D eigenvalue weighted by atomic mass is 9.79. The van der Waals surface area contributed by atoms with Gasteiger partial charge in [-0.2, -0.15) is 0 Å². The van der Waals surface area contributed by atoms with Crippen LogP contribution in [0.15, 0.2) is 71.6 Å². The summed E-state index contributed by atoms with van der Waals surface area (Å²) in [6.07, 6.45) is 4.35. The maximum absolute atomic E-state index is 13.1. The molecule has 0 bridgehead atoms. The van der Waals surface area contributed by atoms with Crippen LogP contribution in [0.2, 0.25) is 0 Å². The molecule has 5 nitrogen and oxygen atoms in total. The largest absolute Gasteiger partial charge is 0.354 e. The Morgan fingerprint density at radius 1 is 0.933 bits per heavy atom. The second-order valence-electron chi connectivity index (χ2n) is 8.27. The highest BCUT2D eigenvalue weighted by Crippen LogP contribution is 2.42. The second-order valence-corrected chi connectivity index (χ2v) is 10.1. The number of amides is 1. The monoisotopic (exact) mass is 420 g/mol. The van der Waals surface area contributed by atoms with Gasteiger partial charge >= 0.3 is 0 Å². The van der Waals surface area contributed by atoms with E-state index in [1.807, 2.05) is 36.4 Å². The molecule has 3 aromatic rings. The van der Waals surface area contributed by atoms with Gasteiger partial charge in [-0.15, -0.1) is 0 Å². The number of hydrogen-bond donors (Lipinski definition) is 1. The Labute approximate surface area is 176 Å². The van der Waals surface area contributed by atoms with Gasteiger partial charge in [0.05, 0.1) is 10.6 Å². The molecule has 1 aliphatic carbocycles. The third kappa shape index (κ3) is 2.98. The molecule has 1 fully saturated rings. The Morgan fingerprint density at radius 2 is 1.63 bits per heavy atom. The Kier molecular flexibility index (Phi) is 4.54. The molecule has 0 atom stereocenters. The molecule has 0 spiro atoms. The fraction of sp³-hybridized carbons (Fsp3) is 0.292. The predicted octanol–water partition coefficient (Wildman–Crippen LogP) is 3.98. The van der Waals surface area contributed by atoms with Gasteiger partial charge in [0.25, 0.3) is 10.0 Å². The van der Waals surface area contributed by atoms with E-state index >= 15 is 0 Å². The molecular weight excluding hydrogens is 396 g/mol. The number of carbonyl (C=O) groups is 1. The summed E-state index contributed by atoms with van der Waals surface area (Å²) in [6, 6.07) is 21.1. The molecule has 1 saturated carbocycles. The summed E-state index contributed by atoms with van der Waals surface area (Å²) < 4.78 is 27.4. The van der Waals surface area contributed by atoms with E-state index < -0.39 is 10.0 Å². The number of carbonyl (C=O) groups excluding carboxylic acids is 1. The molecule has 30 heavy (non-hydrogen) atoms. The number of hydrogen-bond acceptors (Lipinski definition) is 3. The maximum atomic E-state index is 13.1. The molecule has 1 N–H and O–H groups in total. The third-order valence-electron chi connectivity index (χ3n) is 6.54. The van der Waals surface area contributed by atoms with E-state index in [2.05, 4.69) is 17.4 Å². The molecule has 5 rings (SSSR count). The van der Waals surface area contributed by atoms with E-state index in [0.29, 0.717) is 17.6 Å². The quantitative estimate of drug-likeness (QED) is 0.679. The van der Waals surface area contributed by atoms with E-state index in [0.717, 1.165) is 31.1 Å². The van der Waals surface area contributed by atoms with Gasteiger partial charge in [0, 0.05) is 17.3 Å². The molecule has 0 radical (unpaired) electrons. The van der Waals surface area contributed by atoms with Gasteiger partial charge in [-0.1, -0.05) is 67.4 Å². The van der Waals surface area contributed by atoms with E-state index in [4.69, 9.17) is 0 Å². The molecule has 0 unspecified atom stereocenters. The first-order chi connectivity index (χ1) is 14.5. The molecule has 1 aliphatic heterocycles. The minimum atomic E-state index is -3.73. The molecule has 3 aromatic carbocycles. The fourth-order valence-electron chi connectivity index (χ4n) is 4.99. The Morgan fingerprint density at radius 3 is 2.37 bits per heavy atom. The molecule has 154 valence electrons. The van der Waals surface area contributed by atoms with Crippen molar-refractivity contribution in [3.05, 3.63) is 72.3 Å². The van der Waals surface area contributed by atoms with Crippen LogP contribution in [0, 0.1) is 0 Å². The summed E-state index contributed by atoms with van der Waals surface area (Å²) in [6.45, 7) is 0.321. The molecule has 6 heteroatoms. The number of nitrogens with zero attached hydrogens (tertiary/aromatic N) is 1. The molecular formula is C24H24N2O3S. The van der Waals surface area contributed by atoms with Crippen LogP contribution in [0.1, 0.15) is 31.2 Å². The standard InChI is InChI=1S/C24H24N2O3S/c27-22(25-17-24(14-4-5-15-24)19-10-2-1-3-11-19)16-26-20-12-6-8-18-9-7-13-21(23(18)20)30(26,28)29/h1-3,6-13H,4-5,14-17H2,(H,25,27). The van der Waals surface area contributed by atoms with E-state index in [1.165, 1.54) is 9.87 Å². The summed E-state index contributed by atoms with van der Waals surface area (Å²) in [5, 5.41) is 4.61. The van der Waals surface area contributed by atoms with Crippen molar-refractivity contribution in [3.8, 4) is 0 Å². The zero-order valence-corrected chi connectivity index (χ0v) is 17.5. The minimum absolute atomic E-state index is 0.0657. The first-order valence-electron chi connectivity index (χ1n) is 10.4. The van der Waals surface area contributed by atoms with Crippen molar-refractivity contribution in [3.63, 3.8) is 0 Å². The SMILES string of the molecule is O=C(CN1c2cccc3cccc(c23)S1(=O)=O)NCC1(c2ccccc2)CCCC1. The highest BCUT2D eigenvalue weighted by Gasteiger charge is 2.38. The Bertz CT molecular complexity index is 1210. The summed E-state index contributed by atoms with van der Waals surface area (Å²) in [7, 11) is -3.73. The number of sulfonamides is 1. The van der Waals surface area contributed by atoms with Crippen molar-refractivity contribution in [2.45, 2.75) is 36.0 Å². The van der Waals surface area contributed by atoms with Gasteiger partial charge in [-0.05, 0) is 35.9 Å². The van der Waals surface area contributed by atoms with Crippen LogP contribution in [0.25, 0.3) is 10.8 Å². The van der Waals surface area contributed by atoms with Crippen LogP contribution in [0.3, 0.4) is 0 Å². The Balaban J connectivity index is 1.37. The van der Waals surface area contributed by atoms with Gasteiger partial charge in [0.15, 0.2) is 0 Å². The van der Waals surface area contributed by atoms with Gasteiger partial charge < -0.3 is 5.32 Å². The third-order valence-corrected chi connectivity index (χ3v) is 8.34. The normalized spacial score (nSPS) is 18.6. The second kappa shape index (κ2) is 7.13. The van der Waals surface area contributed by atoms with E-state index in [-0.39, 0.29) is 22.8 Å². The topological polar surface area (TPSA) is 66.5 Å². The van der Waals surface area contributed by atoms with Crippen molar-refractivity contribution in [1.29, 1.82) is 0 Å². The molecule has 0 aromatic heterocycles. The van der Waals surface area contributed by atoms with Crippen LogP contribution in [-0.2, 0) is 20.2 Å². The van der Waals surface area contributed by atoms with Gasteiger partial charge in [0.1, 0.15) is 6.54 Å². The number of anilines is 1. The smallest absolute Gasteiger partial charge is 0.265 e. The van der Waals surface area contributed by atoms with Gasteiger partial charge in [-0.3, -0.25) is 9.10 Å². The average molecular weight is 421 g/mol. The lowest BCUT2D eigenvalue weighted by Gasteiger charge is -2.30. The first-order valence-corrected chi connectivity index (χ1v) is 11.8. The maximum Gasteiger partial charge on any atom is 0.265 e. The van der Waals surface area contributed by atoms with Crippen LogP contribution in [0.5, 0.6) is 0 Å². The molecule has 1 heterocycles. The fourth-order valence-corrected chi connectivity index (χ4v) is 6.66. The summed E-state index contributed by atoms with van der Waals surface area (Å²) in [4.78, 5) is 13.1.